The van der Waals surface area contributed by atoms with E-state index in [1.54, 1.807) is 0 Å². The van der Waals surface area contributed by atoms with Crippen LogP contribution in [0.3, 0.4) is 0 Å². The van der Waals surface area contributed by atoms with Crippen molar-refractivity contribution in [1.29, 1.82) is 0 Å². The fraction of sp³-hybridized carbons (Fsp3) is 0.533. The molecule has 0 radical (unpaired) electrons. The molecule has 1 aliphatic heterocycles. The van der Waals surface area contributed by atoms with Crippen LogP contribution in [0.1, 0.15) is 36.2 Å². The second-order valence-corrected chi connectivity index (χ2v) is 5.98. The Morgan fingerprint density at radius 3 is 2.78 bits per heavy atom. The maximum Gasteiger partial charge on any atom is 0.253 e. The van der Waals surface area contributed by atoms with E-state index in [0.717, 1.165) is 30.6 Å². The molecule has 18 heavy (non-hydrogen) atoms. The summed E-state index contributed by atoms with van der Waals surface area (Å²) in [6.07, 6.45) is 0.880. The molecule has 1 fully saturated rings. The molecule has 3 heteroatoms. The number of nitrogens with two attached hydrogens (primary N) is 1. The van der Waals surface area contributed by atoms with Crippen LogP contribution in [0.2, 0.25) is 0 Å². The lowest BCUT2D eigenvalue weighted by atomic mass is 9.79. The van der Waals surface area contributed by atoms with Gasteiger partial charge in [0.1, 0.15) is 0 Å². The van der Waals surface area contributed by atoms with Crippen LogP contribution in [-0.4, -0.2) is 29.9 Å². The second-order valence-electron chi connectivity index (χ2n) is 5.98. The average molecular weight is 246 g/mol. The number of benzene rings is 1. The van der Waals surface area contributed by atoms with Crippen molar-refractivity contribution in [2.45, 2.75) is 33.2 Å². The van der Waals surface area contributed by atoms with Crippen LogP contribution in [-0.2, 0) is 0 Å². The number of hydrogen-bond acceptors (Lipinski definition) is 2. The van der Waals surface area contributed by atoms with Gasteiger partial charge in [0.25, 0.3) is 5.91 Å². The first-order chi connectivity index (χ1) is 8.40. The van der Waals surface area contributed by atoms with Gasteiger partial charge in [0, 0.05) is 24.7 Å². The molecule has 1 amide bonds. The summed E-state index contributed by atoms with van der Waals surface area (Å²) in [5.41, 5.74) is 8.00. The molecule has 1 heterocycles. The lowest BCUT2D eigenvalue weighted by Crippen LogP contribution is -2.54. The van der Waals surface area contributed by atoms with Crippen molar-refractivity contribution in [1.82, 2.24) is 4.90 Å². The van der Waals surface area contributed by atoms with E-state index in [1.165, 1.54) is 0 Å². The first kappa shape index (κ1) is 13.1. The Morgan fingerprint density at radius 2 is 2.17 bits per heavy atom. The second kappa shape index (κ2) is 4.73. The minimum atomic E-state index is -0.00225. The number of likely N-dealkylation sites (tertiary alicyclic amines) is 1. The summed E-state index contributed by atoms with van der Waals surface area (Å²) in [4.78, 5) is 14.4. The Bertz CT molecular complexity index is 454. The predicted molar refractivity (Wildman–Crippen MR) is 73.5 cm³/mol. The van der Waals surface area contributed by atoms with E-state index in [4.69, 9.17) is 5.73 Å². The highest BCUT2D eigenvalue weighted by atomic mass is 16.2. The van der Waals surface area contributed by atoms with E-state index in [0.29, 0.717) is 0 Å². The largest absolute Gasteiger partial charge is 0.338 e. The van der Waals surface area contributed by atoms with Crippen LogP contribution in [0.15, 0.2) is 24.3 Å². The third-order valence-electron chi connectivity index (χ3n) is 3.86. The molecule has 0 saturated carbocycles. The van der Waals surface area contributed by atoms with E-state index in [2.05, 4.69) is 13.8 Å². The van der Waals surface area contributed by atoms with Crippen LogP contribution < -0.4 is 5.73 Å². The summed E-state index contributed by atoms with van der Waals surface area (Å²) >= 11 is 0. The fourth-order valence-electron chi connectivity index (χ4n) is 2.51. The number of carbonyl (C=O) groups is 1. The van der Waals surface area contributed by atoms with Crippen LogP contribution >= 0.6 is 0 Å². The van der Waals surface area contributed by atoms with Gasteiger partial charge in [-0.2, -0.15) is 0 Å². The number of aryl methyl sites for hydroxylation is 1. The zero-order valence-corrected chi connectivity index (χ0v) is 11.4. The monoisotopic (exact) mass is 246 g/mol. The summed E-state index contributed by atoms with van der Waals surface area (Å²) in [6.45, 7) is 7.77. The maximum absolute atomic E-state index is 12.4. The van der Waals surface area contributed by atoms with Crippen LogP contribution in [0.25, 0.3) is 0 Å². The number of hydrogen-bond donors (Lipinski definition) is 1. The number of amides is 1. The Labute approximate surface area is 109 Å². The van der Waals surface area contributed by atoms with Crippen molar-refractivity contribution >= 4 is 5.91 Å². The van der Waals surface area contributed by atoms with E-state index >= 15 is 0 Å². The van der Waals surface area contributed by atoms with E-state index in [9.17, 15) is 4.79 Å². The number of rotatable bonds is 1. The van der Waals surface area contributed by atoms with Crippen molar-refractivity contribution in [2.24, 2.45) is 11.1 Å². The number of carbonyl (C=O) groups excluding carboxylic acids is 1. The Kier molecular flexibility index (Phi) is 3.44. The van der Waals surface area contributed by atoms with Gasteiger partial charge in [-0.25, -0.2) is 0 Å². The molecule has 0 bridgehead atoms. The molecule has 0 spiro atoms. The molecule has 1 unspecified atom stereocenters. The van der Waals surface area contributed by atoms with E-state index in [-0.39, 0.29) is 17.4 Å². The average Bonchev–Trinajstić information content (AvgIpc) is 2.31. The van der Waals surface area contributed by atoms with Gasteiger partial charge >= 0.3 is 0 Å². The van der Waals surface area contributed by atoms with Crippen molar-refractivity contribution < 1.29 is 4.79 Å². The summed E-state index contributed by atoms with van der Waals surface area (Å²) in [6, 6.07) is 7.95. The molecular weight excluding hydrogens is 224 g/mol. The van der Waals surface area contributed by atoms with Gasteiger partial charge in [-0.3, -0.25) is 4.79 Å². The SMILES string of the molecule is Cc1cccc(C(=O)N2CCC(N)C(C)(C)C2)c1. The van der Waals surface area contributed by atoms with Gasteiger partial charge in [-0.1, -0.05) is 31.5 Å². The third kappa shape index (κ3) is 2.56. The van der Waals surface area contributed by atoms with Gasteiger partial charge in [-0.15, -0.1) is 0 Å². The van der Waals surface area contributed by atoms with E-state index in [1.807, 2.05) is 36.1 Å². The quantitative estimate of drug-likeness (QED) is 0.825. The topological polar surface area (TPSA) is 46.3 Å². The molecule has 1 atom stereocenters. The highest BCUT2D eigenvalue weighted by molar-refractivity contribution is 5.94. The van der Waals surface area contributed by atoms with Crippen LogP contribution in [0.4, 0.5) is 0 Å². The van der Waals surface area contributed by atoms with Gasteiger partial charge in [-0.05, 0) is 30.9 Å². The Balaban J connectivity index is 2.15. The number of piperidine rings is 1. The Morgan fingerprint density at radius 1 is 1.44 bits per heavy atom. The van der Waals surface area contributed by atoms with Crippen molar-refractivity contribution in [3.8, 4) is 0 Å². The maximum atomic E-state index is 12.4. The first-order valence-electron chi connectivity index (χ1n) is 6.52. The molecule has 0 aliphatic carbocycles. The molecule has 1 aromatic rings. The molecule has 1 aliphatic rings. The Hall–Kier alpha value is -1.35. The van der Waals surface area contributed by atoms with Gasteiger partial charge in [0.2, 0.25) is 0 Å². The fourth-order valence-corrected chi connectivity index (χ4v) is 2.51. The molecule has 98 valence electrons. The number of nitrogens with zero attached hydrogens (tertiary/aromatic N) is 1. The van der Waals surface area contributed by atoms with Crippen LogP contribution in [0.5, 0.6) is 0 Å². The molecule has 1 aromatic carbocycles. The van der Waals surface area contributed by atoms with Crippen molar-refractivity contribution in [2.75, 3.05) is 13.1 Å². The summed E-state index contributed by atoms with van der Waals surface area (Å²) in [5.74, 6) is 0.124. The summed E-state index contributed by atoms with van der Waals surface area (Å²) in [7, 11) is 0. The minimum Gasteiger partial charge on any atom is -0.338 e. The first-order valence-corrected chi connectivity index (χ1v) is 6.52. The smallest absolute Gasteiger partial charge is 0.253 e. The zero-order valence-electron chi connectivity index (χ0n) is 11.4. The molecular formula is C15H22N2O. The highest BCUT2D eigenvalue weighted by Gasteiger charge is 2.35. The summed E-state index contributed by atoms with van der Waals surface area (Å²) in [5, 5.41) is 0. The van der Waals surface area contributed by atoms with Crippen LogP contribution in [0, 0.1) is 12.3 Å². The molecule has 1 saturated heterocycles. The molecule has 0 aromatic heterocycles. The standard InChI is InChI=1S/C15H22N2O/c1-11-5-4-6-12(9-11)14(18)17-8-7-13(16)15(2,3)10-17/h4-6,9,13H,7-8,10,16H2,1-3H3. The highest BCUT2D eigenvalue weighted by Crippen LogP contribution is 2.28. The predicted octanol–water partition coefficient (Wildman–Crippen LogP) is 2.19. The third-order valence-corrected chi connectivity index (χ3v) is 3.86. The molecule has 2 rings (SSSR count). The molecule has 2 N–H and O–H groups in total. The van der Waals surface area contributed by atoms with Crippen molar-refractivity contribution in [3.05, 3.63) is 35.4 Å². The van der Waals surface area contributed by atoms with Gasteiger partial charge in [0.15, 0.2) is 0 Å². The van der Waals surface area contributed by atoms with E-state index < -0.39 is 0 Å². The minimum absolute atomic E-state index is 0.00225. The van der Waals surface area contributed by atoms with Gasteiger partial charge in [0.05, 0.1) is 0 Å². The molecule has 3 nitrogen and oxygen atoms in total. The zero-order chi connectivity index (χ0) is 13.3. The summed E-state index contributed by atoms with van der Waals surface area (Å²) < 4.78 is 0. The van der Waals surface area contributed by atoms with Gasteiger partial charge < -0.3 is 10.6 Å². The lowest BCUT2D eigenvalue weighted by molar-refractivity contribution is 0.0533. The van der Waals surface area contributed by atoms with Crippen molar-refractivity contribution in [3.63, 3.8) is 0 Å². The lowest BCUT2D eigenvalue weighted by Gasteiger charge is -2.42. The normalized spacial score (nSPS) is 22.9.